The van der Waals surface area contributed by atoms with Gasteiger partial charge in [-0.25, -0.2) is 9.69 Å². The molecule has 9 heteroatoms. The van der Waals surface area contributed by atoms with Gasteiger partial charge in [-0.1, -0.05) is 61.0 Å². The van der Waals surface area contributed by atoms with E-state index in [2.05, 4.69) is 10.6 Å². The van der Waals surface area contributed by atoms with Gasteiger partial charge >= 0.3 is 5.97 Å². The van der Waals surface area contributed by atoms with Crippen LogP contribution in [0.3, 0.4) is 0 Å². The Kier molecular flexibility index (Phi) is 8.00. The Morgan fingerprint density at radius 3 is 2.27 bits per heavy atom. The highest BCUT2D eigenvalue weighted by Crippen LogP contribution is 2.32. The molecule has 0 radical (unpaired) electrons. The summed E-state index contributed by atoms with van der Waals surface area (Å²) in [5.74, 6) is -2.37. The van der Waals surface area contributed by atoms with Crippen molar-refractivity contribution in [3.63, 3.8) is 0 Å². The zero-order chi connectivity index (χ0) is 26.4. The van der Waals surface area contributed by atoms with E-state index in [-0.39, 0.29) is 34.5 Å². The number of nitrogens with zero attached hydrogens (tertiary/aromatic N) is 1. The van der Waals surface area contributed by atoms with Crippen molar-refractivity contribution in [1.82, 2.24) is 5.32 Å². The Labute approximate surface area is 218 Å². The molecule has 1 heterocycles. The van der Waals surface area contributed by atoms with Gasteiger partial charge in [-0.3, -0.25) is 14.4 Å². The van der Waals surface area contributed by atoms with Gasteiger partial charge < -0.3 is 15.4 Å². The normalized spacial score (nSPS) is 13.1. The van der Waals surface area contributed by atoms with Crippen LogP contribution in [0, 0.1) is 0 Å². The molecule has 0 aromatic heterocycles. The van der Waals surface area contributed by atoms with Gasteiger partial charge in [0, 0.05) is 17.8 Å². The number of halogens is 1. The maximum atomic E-state index is 13.2. The Morgan fingerprint density at radius 1 is 0.892 bits per heavy atom. The van der Waals surface area contributed by atoms with E-state index in [1.807, 2.05) is 37.3 Å². The highest BCUT2D eigenvalue weighted by Gasteiger charge is 2.40. The number of hydrogen-bond donors (Lipinski definition) is 2. The topological polar surface area (TPSA) is 105 Å². The van der Waals surface area contributed by atoms with Gasteiger partial charge in [0.2, 0.25) is 0 Å². The number of esters is 1. The minimum Gasteiger partial charge on any atom is -0.462 e. The van der Waals surface area contributed by atoms with Crippen LogP contribution in [0.25, 0.3) is 0 Å². The fourth-order valence-corrected chi connectivity index (χ4v) is 3.89. The molecule has 188 valence electrons. The van der Waals surface area contributed by atoms with Crippen LogP contribution in [-0.2, 0) is 20.9 Å². The minimum absolute atomic E-state index is 0.0780. The third kappa shape index (κ3) is 5.70. The number of carbonyl (C=O) groups excluding carboxylic acids is 4. The quantitative estimate of drug-likeness (QED) is 0.317. The van der Waals surface area contributed by atoms with Gasteiger partial charge in [0.1, 0.15) is 10.7 Å². The molecule has 3 aromatic carbocycles. The van der Waals surface area contributed by atoms with Gasteiger partial charge in [0.15, 0.2) is 0 Å². The van der Waals surface area contributed by atoms with Crippen molar-refractivity contribution in [3.8, 4) is 0 Å². The summed E-state index contributed by atoms with van der Waals surface area (Å²) >= 11 is 6.24. The van der Waals surface area contributed by atoms with E-state index in [1.165, 1.54) is 12.1 Å². The van der Waals surface area contributed by atoms with Crippen LogP contribution in [0.1, 0.15) is 39.6 Å². The van der Waals surface area contributed by atoms with Crippen molar-refractivity contribution >= 4 is 46.7 Å². The zero-order valence-electron chi connectivity index (χ0n) is 20.0. The Hall–Kier alpha value is -4.43. The molecule has 0 unspecified atom stereocenters. The minimum atomic E-state index is -0.762. The number of ether oxygens (including phenoxy) is 1. The number of carbonyl (C=O) groups is 4. The molecule has 3 aromatic rings. The monoisotopic (exact) mass is 517 g/mol. The lowest BCUT2D eigenvalue weighted by Gasteiger charge is -2.18. The number of imide groups is 1. The van der Waals surface area contributed by atoms with Crippen molar-refractivity contribution in [2.24, 2.45) is 0 Å². The number of rotatable bonds is 9. The number of benzene rings is 3. The Morgan fingerprint density at radius 2 is 1.57 bits per heavy atom. The predicted molar refractivity (Wildman–Crippen MR) is 140 cm³/mol. The lowest BCUT2D eigenvalue weighted by Crippen LogP contribution is -2.33. The van der Waals surface area contributed by atoms with Crippen molar-refractivity contribution < 1.29 is 23.9 Å². The number of amides is 3. The standard InChI is InChI=1S/C28H24ClN3O5/c1-2-16-37-28(36)21-10-6-7-11-22(21)32-26(34)23(29)24(27(32)35)31-20-14-12-19(13-15-20)25(33)30-17-18-8-4-3-5-9-18/h3-15,31H,2,16-17H2,1H3,(H,30,33). The summed E-state index contributed by atoms with van der Waals surface area (Å²) in [7, 11) is 0. The molecule has 4 rings (SSSR count). The van der Waals surface area contributed by atoms with E-state index in [4.69, 9.17) is 16.3 Å². The lowest BCUT2D eigenvalue weighted by atomic mass is 10.1. The van der Waals surface area contributed by atoms with Crippen molar-refractivity contribution in [2.45, 2.75) is 19.9 Å². The summed E-state index contributed by atoms with van der Waals surface area (Å²) in [6.45, 7) is 2.46. The number of nitrogens with one attached hydrogen (secondary N) is 2. The first-order valence-corrected chi connectivity index (χ1v) is 12.0. The molecule has 0 saturated carbocycles. The fraction of sp³-hybridized carbons (Fsp3) is 0.143. The summed E-state index contributed by atoms with van der Waals surface area (Å²) in [6.07, 6.45) is 0.629. The van der Waals surface area contributed by atoms with E-state index in [0.717, 1.165) is 10.5 Å². The maximum Gasteiger partial charge on any atom is 0.340 e. The summed E-state index contributed by atoms with van der Waals surface area (Å²) in [5, 5.41) is 5.40. The Balaban J connectivity index is 1.47. The molecule has 0 aliphatic carbocycles. The molecule has 1 aliphatic rings. The lowest BCUT2D eigenvalue weighted by molar-refractivity contribution is -0.120. The van der Waals surface area contributed by atoms with E-state index in [0.29, 0.717) is 24.2 Å². The van der Waals surface area contributed by atoms with Gasteiger partial charge in [0.25, 0.3) is 17.7 Å². The van der Waals surface area contributed by atoms with Crippen LogP contribution < -0.4 is 15.5 Å². The molecule has 0 atom stereocenters. The van der Waals surface area contributed by atoms with Crippen LogP contribution in [-0.4, -0.2) is 30.3 Å². The van der Waals surface area contributed by atoms with Crippen molar-refractivity contribution in [1.29, 1.82) is 0 Å². The maximum absolute atomic E-state index is 13.2. The second kappa shape index (κ2) is 11.5. The highest BCUT2D eigenvalue weighted by atomic mass is 35.5. The molecule has 0 spiro atoms. The summed E-state index contributed by atoms with van der Waals surface area (Å²) in [4.78, 5) is 51.9. The second-order valence-electron chi connectivity index (χ2n) is 8.16. The van der Waals surface area contributed by atoms with Crippen molar-refractivity contribution in [2.75, 3.05) is 16.8 Å². The number of para-hydroxylation sites is 1. The molecule has 1 aliphatic heterocycles. The molecule has 0 fully saturated rings. The second-order valence-corrected chi connectivity index (χ2v) is 8.54. The zero-order valence-corrected chi connectivity index (χ0v) is 20.7. The third-order valence-electron chi connectivity index (χ3n) is 5.54. The molecular weight excluding hydrogens is 494 g/mol. The van der Waals surface area contributed by atoms with Crippen LogP contribution >= 0.6 is 11.6 Å². The smallest absolute Gasteiger partial charge is 0.340 e. The average molecular weight is 518 g/mol. The summed E-state index contributed by atoms with van der Waals surface area (Å²) in [6, 6.07) is 22.1. The SMILES string of the molecule is CCCOC(=O)c1ccccc1N1C(=O)C(Cl)=C(Nc2ccc(C(=O)NCc3ccccc3)cc2)C1=O. The number of anilines is 2. The third-order valence-corrected chi connectivity index (χ3v) is 5.89. The van der Waals surface area contributed by atoms with Gasteiger partial charge in [-0.15, -0.1) is 0 Å². The highest BCUT2D eigenvalue weighted by molar-refractivity contribution is 6.53. The van der Waals surface area contributed by atoms with E-state index < -0.39 is 17.8 Å². The largest absolute Gasteiger partial charge is 0.462 e. The van der Waals surface area contributed by atoms with Crippen molar-refractivity contribution in [3.05, 3.63) is 106 Å². The molecular formula is C28H24ClN3O5. The fourth-order valence-electron chi connectivity index (χ4n) is 3.67. The van der Waals surface area contributed by atoms with Gasteiger partial charge in [-0.2, -0.15) is 0 Å². The number of hydrogen-bond acceptors (Lipinski definition) is 6. The summed E-state index contributed by atoms with van der Waals surface area (Å²) < 4.78 is 5.19. The van der Waals surface area contributed by atoms with Crippen LogP contribution in [0.15, 0.2) is 89.6 Å². The van der Waals surface area contributed by atoms with Crippen LogP contribution in [0.5, 0.6) is 0 Å². The summed E-state index contributed by atoms with van der Waals surface area (Å²) in [5.41, 5.74) is 1.88. The van der Waals surface area contributed by atoms with Crippen LogP contribution in [0.4, 0.5) is 11.4 Å². The van der Waals surface area contributed by atoms with Gasteiger partial charge in [-0.05, 0) is 48.4 Å². The molecule has 0 bridgehead atoms. The predicted octanol–water partition coefficient (Wildman–Crippen LogP) is 4.62. The van der Waals surface area contributed by atoms with Gasteiger partial charge in [0.05, 0.1) is 17.9 Å². The first-order chi connectivity index (χ1) is 17.9. The first kappa shape index (κ1) is 25.7. The van der Waals surface area contributed by atoms with E-state index in [9.17, 15) is 19.2 Å². The first-order valence-electron chi connectivity index (χ1n) is 11.6. The average Bonchev–Trinajstić information content (AvgIpc) is 3.14. The molecule has 0 saturated heterocycles. The molecule has 8 nitrogen and oxygen atoms in total. The van der Waals surface area contributed by atoms with E-state index in [1.54, 1.807) is 36.4 Å². The Bertz CT molecular complexity index is 1370. The van der Waals surface area contributed by atoms with E-state index >= 15 is 0 Å². The van der Waals surface area contributed by atoms with Crippen LogP contribution in [0.2, 0.25) is 0 Å². The molecule has 2 N–H and O–H groups in total. The molecule has 37 heavy (non-hydrogen) atoms. The molecule has 3 amide bonds.